The van der Waals surface area contributed by atoms with Crippen LogP contribution >= 0.6 is 8.25 Å². The fraction of sp³-hybridized carbons (Fsp3) is 0.292. The van der Waals surface area contributed by atoms with Crippen LogP contribution in [0.4, 0.5) is 5.82 Å². The van der Waals surface area contributed by atoms with Gasteiger partial charge < -0.3 is 10.5 Å². The Morgan fingerprint density at radius 1 is 0.971 bits per heavy atom. The maximum absolute atomic E-state index is 12.5. The lowest BCUT2D eigenvalue weighted by molar-refractivity contribution is -0.0171. The van der Waals surface area contributed by atoms with Crippen LogP contribution in [0.15, 0.2) is 61.2 Å². The van der Waals surface area contributed by atoms with Crippen LogP contribution in [-0.4, -0.2) is 38.8 Å². The molecule has 2 aliphatic rings. The van der Waals surface area contributed by atoms with Crippen molar-refractivity contribution in [1.29, 1.82) is 0 Å². The first-order valence-electron chi connectivity index (χ1n) is 11.2. The standard InChI is InChI=1S/C24H23N5O4P/c25-23-22-24(27-13-26-23)29(14-28-22)21-10-9-15(33-21)11-31-34(30)32-12-20-18-7-3-1-5-16(18)17-6-2-4-8-19(17)20/h1-8,13-15,20-21H,9-12H2,(H2,25,26,27)/q+1/t15-,21+/m0/s1. The van der Waals surface area contributed by atoms with E-state index in [-0.39, 0.29) is 24.9 Å². The molecule has 2 aromatic carbocycles. The fourth-order valence-corrected chi connectivity index (χ4v) is 5.48. The van der Waals surface area contributed by atoms with Crippen LogP contribution in [0, 0.1) is 0 Å². The molecular formula is C24H23N5O4P+. The molecule has 1 fully saturated rings. The third-order valence-corrected chi connectivity index (χ3v) is 7.18. The summed E-state index contributed by atoms with van der Waals surface area (Å²) in [7, 11) is -2.27. The van der Waals surface area contributed by atoms with Crippen LogP contribution in [-0.2, 0) is 18.3 Å². The number of imidazole rings is 1. The zero-order valence-electron chi connectivity index (χ0n) is 18.3. The molecule has 3 heterocycles. The van der Waals surface area contributed by atoms with Gasteiger partial charge in [-0.05, 0) is 35.1 Å². The highest BCUT2D eigenvalue weighted by atomic mass is 31.1. The zero-order valence-corrected chi connectivity index (χ0v) is 19.2. The van der Waals surface area contributed by atoms with Crippen LogP contribution in [0.25, 0.3) is 22.3 Å². The molecule has 2 N–H and O–H groups in total. The molecule has 1 aliphatic carbocycles. The number of anilines is 1. The van der Waals surface area contributed by atoms with E-state index in [1.807, 2.05) is 28.8 Å². The first-order valence-corrected chi connectivity index (χ1v) is 12.3. The lowest BCUT2D eigenvalue weighted by atomic mass is 9.98. The fourth-order valence-electron chi connectivity index (χ4n) is 4.85. The van der Waals surface area contributed by atoms with E-state index in [4.69, 9.17) is 19.5 Å². The summed E-state index contributed by atoms with van der Waals surface area (Å²) in [6, 6.07) is 16.5. The second-order valence-electron chi connectivity index (χ2n) is 8.42. The third kappa shape index (κ3) is 3.76. The first kappa shape index (κ1) is 21.3. The van der Waals surface area contributed by atoms with E-state index in [1.54, 1.807) is 6.33 Å². The Morgan fingerprint density at radius 2 is 1.68 bits per heavy atom. The Hall–Kier alpha value is -3.23. The van der Waals surface area contributed by atoms with Gasteiger partial charge in [0.2, 0.25) is 0 Å². The van der Waals surface area contributed by atoms with Crippen LogP contribution in [0.2, 0.25) is 0 Å². The predicted octanol–water partition coefficient (Wildman–Crippen LogP) is 4.59. The van der Waals surface area contributed by atoms with Crippen LogP contribution in [0.3, 0.4) is 0 Å². The van der Waals surface area contributed by atoms with Crippen molar-refractivity contribution in [2.24, 2.45) is 0 Å². The van der Waals surface area contributed by atoms with Crippen LogP contribution in [0.5, 0.6) is 0 Å². The lowest BCUT2D eigenvalue weighted by Crippen LogP contribution is -2.15. The number of nitrogens with two attached hydrogens (primary N) is 1. The SMILES string of the molecule is Nc1ncnc2c1ncn2[C@H]1CC[C@@H](CO[P+](=O)OCC2c3ccccc3-c3ccccc32)O1. The van der Waals surface area contributed by atoms with E-state index in [1.165, 1.54) is 28.6 Å². The average molecular weight is 476 g/mol. The maximum Gasteiger partial charge on any atom is 0.697 e. The molecule has 1 aliphatic heterocycles. The number of aromatic nitrogens is 4. The number of rotatable bonds is 7. The summed E-state index contributed by atoms with van der Waals surface area (Å²) in [5.41, 5.74) is 11.8. The molecule has 6 rings (SSSR count). The van der Waals surface area contributed by atoms with E-state index in [9.17, 15) is 4.57 Å². The molecule has 2 aromatic heterocycles. The van der Waals surface area contributed by atoms with Gasteiger partial charge in [-0.2, -0.15) is 0 Å². The smallest absolute Gasteiger partial charge is 0.382 e. The van der Waals surface area contributed by atoms with E-state index < -0.39 is 8.25 Å². The highest BCUT2D eigenvalue weighted by Gasteiger charge is 2.35. The molecule has 9 nitrogen and oxygen atoms in total. The molecule has 3 atom stereocenters. The number of ether oxygens (including phenoxy) is 1. The number of nitrogens with zero attached hydrogens (tertiary/aromatic N) is 4. The number of hydrogen-bond donors (Lipinski definition) is 1. The van der Waals surface area contributed by atoms with Gasteiger partial charge in [0.1, 0.15) is 31.3 Å². The van der Waals surface area contributed by atoms with Gasteiger partial charge in [0, 0.05) is 10.5 Å². The van der Waals surface area contributed by atoms with Crippen molar-refractivity contribution >= 4 is 25.2 Å². The summed E-state index contributed by atoms with van der Waals surface area (Å²) in [6.45, 7) is 0.479. The quantitative estimate of drug-likeness (QED) is 0.385. The third-order valence-electron chi connectivity index (χ3n) is 6.46. The van der Waals surface area contributed by atoms with Gasteiger partial charge in [0.05, 0.1) is 12.4 Å². The summed E-state index contributed by atoms with van der Waals surface area (Å²) in [5, 5.41) is 0. The molecular weight excluding hydrogens is 453 g/mol. The highest BCUT2D eigenvalue weighted by Crippen LogP contribution is 2.45. The van der Waals surface area contributed by atoms with E-state index in [2.05, 4.69) is 39.2 Å². The van der Waals surface area contributed by atoms with Gasteiger partial charge in [-0.3, -0.25) is 4.57 Å². The van der Waals surface area contributed by atoms with E-state index in [0.717, 1.165) is 12.8 Å². The molecule has 1 saturated heterocycles. The Balaban J connectivity index is 1.05. The normalized spacial score (nSPS) is 19.9. The monoisotopic (exact) mass is 476 g/mol. The molecule has 0 radical (unpaired) electrons. The minimum atomic E-state index is -2.27. The van der Waals surface area contributed by atoms with Crippen molar-refractivity contribution in [2.45, 2.75) is 31.1 Å². The predicted molar refractivity (Wildman–Crippen MR) is 126 cm³/mol. The largest absolute Gasteiger partial charge is 0.697 e. The number of benzene rings is 2. The average Bonchev–Trinajstić information content (AvgIpc) is 3.58. The molecule has 10 heteroatoms. The summed E-state index contributed by atoms with van der Waals surface area (Å²) in [4.78, 5) is 12.5. The van der Waals surface area contributed by atoms with Gasteiger partial charge in [-0.1, -0.05) is 48.5 Å². The molecule has 4 aromatic rings. The molecule has 0 saturated carbocycles. The van der Waals surface area contributed by atoms with Gasteiger partial charge in [-0.25, -0.2) is 15.0 Å². The van der Waals surface area contributed by atoms with Crippen molar-refractivity contribution in [3.05, 3.63) is 72.3 Å². The van der Waals surface area contributed by atoms with Gasteiger partial charge in [0.15, 0.2) is 11.5 Å². The minimum Gasteiger partial charge on any atom is -0.382 e. The van der Waals surface area contributed by atoms with Crippen molar-refractivity contribution in [2.75, 3.05) is 18.9 Å². The number of hydrogen-bond acceptors (Lipinski definition) is 8. The molecule has 1 unspecified atom stereocenters. The highest BCUT2D eigenvalue weighted by molar-refractivity contribution is 7.33. The molecule has 0 spiro atoms. The summed E-state index contributed by atoms with van der Waals surface area (Å²) in [5.74, 6) is 0.370. The van der Waals surface area contributed by atoms with Gasteiger partial charge >= 0.3 is 8.25 Å². The Bertz CT molecular complexity index is 1330. The Labute approximate surface area is 196 Å². The second-order valence-corrected chi connectivity index (χ2v) is 9.38. The Kier molecular flexibility index (Phi) is 5.55. The topological polar surface area (TPSA) is 114 Å². The van der Waals surface area contributed by atoms with Gasteiger partial charge in [0.25, 0.3) is 0 Å². The number of nitrogen functional groups attached to an aromatic ring is 1. The zero-order chi connectivity index (χ0) is 23.1. The van der Waals surface area contributed by atoms with Gasteiger partial charge in [-0.15, -0.1) is 9.05 Å². The van der Waals surface area contributed by atoms with Crippen LogP contribution < -0.4 is 5.73 Å². The minimum absolute atomic E-state index is 0.0333. The van der Waals surface area contributed by atoms with Crippen molar-refractivity contribution in [1.82, 2.24) is 19.5 Å². The maximum atomic E-state index is 12.5. The van der Waals surface area contributed by atoms with Crippen molar-refractivity contribution < 1.29 is 18.3 Å². The molecule has 172 valence electrons. The molecule has 34 heavy (non-hydrogen) atoms. The summed E-state index contributed by atoms with van der Waals surface area (Å²) in [6.07, 6.45) is 4.16. The number of fused-ring (bicyclic) bond motifs is 4. The Morgan fingerprint density at radius 3 is 2.44 bits per heavy atom. The van der Waals surface area contributed by atoms with Crippen LogP contribution in [0.1, 0.15) is 36.1 Å². The molecule has 0 amide bonds. The molecule has 0 bridgehead atoms. The second kappa shape index (κ2) is 8.85. The summed E-state index contributed by atoms with van der Waals surface area (Å²) >= 11 is 0. The lowest BCUT2D eigenvalue weighted by Gasteiger charge is -2.13. The first-order chi connectivity index (χ1) is 16.7. The summed E-state index contributed by atoms with van der Waals surface area (Å²) < 4.78 is 31.6. The van der Waals surface area contributed by atoms with Crippen molar-refractivity contribution in [3.8, 4) is 11.1 Å². The van der Waals surface area contributed by atoms with Crippen molar-refractivity contribution in [3.63, 3.8) is 0 Å². The van der Waals surface area contributed by atoms with E-state index >= 15 is 0 Å². The van der Waals surface area contributed by atoms with E-state index in [0.29, 0.717) is 23.6 Å².